The van der Waals surface area contributed by atoms with Gasteiger partial charge in [0.15, 0.2) is 0 Å². The fraction of sp³-hybridized carbons (Fsp3) is 0.300. The molecule has 0 heterocycles. The minimum atomic E-state index is -3.64. The second-order valence-corrected chi connectivity index (χ2v) is 6.78. The molecule has 8 heteroatoms. The number of hydrogen-bond acceptors (Lipinski definition) is 3. The molecule has 0 saturated carbocycles. The summed E-state index contributed by atoms with van der Waals surface area (Å²) in [6.07, 6.45) is 0. The van der Waals surface area contributed by atoms with Crippen LogP contribution in [0.2, 0.25) is 10.0 Å². The molecular weight excluding hydrogens is 315 g/mol. The van der Waals surface area contributed by atoms with Crippen molar-refractivity contribution in [1.29, 1.82) is 0 Å². The van der Waals surface area contributed by atoms with Crippen LogP contribution in [0.25, 0.3) is 0 Å². The first-order valence-corrected chi connectivity index (χ1v) is 7.63. The van der Waals surface area contributed by atoms with Crippen LogP contribution < -0.4 is 10.5 Å². The Morgan fingerprint density at radius 1 is 1.44 bits per heavy atom. The maximum atomic E-state index is 11.9. The lowest BCUT2D eigenvalue weighted by Crippen LogP contribution is -2.33. The smallest absolute Gasteiger partial charge is 0.240 e. The normalized spacial score (nSPS) is 13.3. The quantitative estimate of drug-likeness (QED) is 0.813. The van der Waals surface area contributed by atoms with Gasteiger partial charge in [-0.1, -0.05) is 42.3 Å². The SMILES string of the molecule is CC(CNS(=O)(=O)c1ccc(Cl)c(Cl)c1)C(N)=S. The molecule has 0 aliphatic carbocycles. The first-order chi connectivity index (χ1) is 8.24. The van der Waals surface area contributed by atoms with Crippen molar-refractivity contribution in [3.05, 3.63) is 28.2 Å². The molecule has 4 nitrogen and oxygen atoms in total. The highest BCUT2D eigenvalue weighted by molar-refractivity contribution is 7.89. The molecule has 0 spiro atoms. The van der Waals surface area contributed by atoms with Gasteiger partial charge in [-0.15, -0.1) is 0 Å². The van der Waals surface area contributed by atoms with Crippen molar-refractivity contribution in [2.75, 3.05) is 6.54 Å². The Balaban J connectivity index is 2.87. The molecule has 0 aliphatic heterocycles. The van der Waals surface area contributed by atoms with Gasteiger partial charge in [-0.25, -0.2) is 13.1 Å². The van der Waals surface area contributed by atoms with Gasteiger partial charge < -0.3 is 5.73 Å². The minimum absolute atomic E-state index is 0.0482. The molecular formula is C10H12Cl2N2O2S2. The predicted molar refractivity (Wildman–Crippen MR) is 77.6 cm³/mol. The first kappa shape index (κ1) is 15.7. The third kappa shape index (κ3) is 4.07. The Morgan fingerprint density at radius 2 is 2.06 bits per heavy atom. The maximum absolute atomic E-state index is 11.9. The van der Waals surface area contributed by atoms with Gasteiger partial charge in [0.05, 0.1) is 19.9 Å². The van der Waals surface area contributed by atoms with E-state index >= 15 is 0 Å². The zero-order valence-electron chi connectivity index (χ0n) is 9.48. The second-order valence-electron chi connectivity index (χ2n) is 3.73. The minimum Gasteiger partial charge on any atom is -0.393 e. The largest absolute Gasteiger partial charge is 0.393 e. The van der Waals surface area contributed by atoms with E-state index in [1.54, 1.807) is 6.92 Å². The summed E-state index contributed by atoms with van der Waals surface area (Å²) in [7, 11) is -3.64. The number of benzene rings is 1. The summed E-state index contributed by atoms with van der Waals surface area (Å²) in [4.78, 5) is 0.305. The van der Waals surface area contributed by atoms with E-state index in [4.69, 9.17) is 41.2 Å². The Morgan fingerprint density at radius 3 is 2.56 bits per heavy atom. The van der Waals surface area contributed by atoms with Crippen LogP contribution >= 0.6 is 35.4 Å². The van der Waals surface area contributed by atoms with Crippen molar-refractivity contribution in [3.8, 4) is 0 Å². The molecule has 0 aliphatic rings. The van der Waals surface area contributed by atoms with Gasteiger partial charge >= 0.3 is 0 Å². The Hall–Kier alpha value is -0.400. The first-order valence-electron chi connectivity index (χ1n) is 4.98. The molecule has 1 unspecified atom stereocenters. The lowest BCUT2D eigenvalue weighted by molar-refractivity contribution is 0.575. The van der Waals surface area contributed by atoms with Gasteiger partial charge in [-0.2, -0.15) is 0 Å². The van der Waals surface area contributed by atoms with Crippen molar-refractivity contribution in [3.63, 3.8) is 0 Å². The fourth-order valence-corrected chi connectivity index (χ4v) is 2.67. The van der Waals surface area contributed by atoms with E-state index in [0.29, 0.717) is 5.02 Å². The van der Waals surface area contributed by atoms with Crippen molar-refractivity contribution >= 4 is 50.4 Å². The molecule has 0 saturated heterocycles. The number of rotatable bonds is 5. The molecule has 1 aromatic rings. The van der Waals surface area contributed by atoms with Crippen LogP contribution in [0.4, 0.5) is 0 Å². The van der Waals surface area contributed by atoms with Crippen LogP contribution in [0.15, 0.2) is 23.1 Å². The van der Waals surface area contributed by atoms with E-state index < -0.39 is 10.0 Å². The average Bonchev–Trinajstić information content (AvgIpc) is 2.29. The lowest BCUT2D eigenvalue weighted by atomic mass is 10.2. The third-order valence-electron chi connectivity index (χ3n) is 2.27. The summed E-state index contributed by atoms with van der Waals surface area (Å²) in [6, 6.07) is 4.09. The van der Waals surface area contributed by atoms with Crippen LogP contribution in [0.1, 0.15) is 6.92 Å². The van der Waals surface area contributed by atoms with Crippen LogP contribution in [-0.4, -0.2) is 20.0 Å². The molecule has 1 aromatic carbocycles. The van der Waals surface area contributed by atoms with Gasteiger partial charge in [0, 0.05) is 12.5 Å². The molecule has 1 atom stereocenters. The second kappa shape index (κ2) is 6.16. The number of halogens is 2. The Labute approximate surface area is 122 Å². The molecule has 0 bridgehead atoms. The van der Waals surface area contributed by atoms with Crippen molar-refractivity contribution in [2.24, 2.45) is 11.7 Å². The van der Waals surface area contributed by atoms with Gasteiger partial charge in [0.1, 0.15) is 0 Å². The number of nitrogens with one attached hydrogen (secondary N) is 1. The number of nitrogens with two attached hydrogens (primary N) is 1. The number of hydrogen-bond donors (Lipinski definition) is 2. The van der Waals surface area contributed by atoms with E-state index in [2.05, 4.69) is 4.72 Å². The van der Waals surface area contributed by atoms with E-state index in [1.807, 2.05) is 0 Å². The Kier molecular flexibility index (Phi) is 5.36. The summed E-state index contributed by atoms with van der Waals surface area (Å²) in [5.74, 6) is -0.224. The van der Waals surface area contributed by atoms with Crippen molar-refractivity contribution in [1.82, 2.24) is 4.72 Å². The van der Waals surface area contributed by atoms with Crippen LogP contribution in [0, 0.1) is 5.92 Å². The summed E-state index contributed by atoms with van der Waals surface area (Å²) in [5, 5.41) is 0.481. The highest BCUT2D eigenvalue weighted by Gasteiger charge is 2.17. The average molecular weight is 327 g/mol. The van der Waals surface area contributed by atoms with E-state index in [0.717, 1.165) is 0 Å². The highest BCUT2D eigenvalue weighted by atomic mass is 35.5. The van der Waals surface area contributed by atoms with Gasteiger partial charge in [-0.05, 0) is 18.2 Å². The summed E-state index contributed by atoms with van der Waals surface area (Å²) >= 11 is 16.3. The fourth-order valence-electron chi connectivity index (χ4n) is 1.06. The predicted octanol–water partition coefficient (Wildman–Crippen LogP) is 2.19. The molecule has 0 aromatic heterocycles. The van der Waals surface area contributed by atoms with Crippen LogP contribution in [0.5, 0.6) is 0 Å². The van der Waals surface area contributed by atoms with Crippen LogP contribution in [0.3, 0.4) is 0 Å². The van der Waals surface area contributed by atoms with Crippen molar-refractivity contribution < 1.29 is 8.42 Å². The third-order valence-corrected chi connectivity index (χ3v) is 4.83. The molecule has 100 valence electrons. The van der Waals surface area contributed by atoms with E-state index in [-0.39, 0.29) is 27.4 Å². The molecule has 18 heavy (non-hydrogen) atoms. The zero-order valence-corrected chi connectivity index (χ0v) is 12.6. The molecule has 3 N–H and O–H groups in total. The van der Waals surface area contributed by atoms with E-state index in [9.17, 15) is 8.42 Å². The Bertz CT molecular complexity index is 561. The van der Waals surface area contributed by atoms with Gasteiger partial charge in [0.25, 0.3) is 0 Å². The standard InChI is InChI=1S/C10H12Cl2N2O2S2/c1-6(10(13)17)5-14-18(15,16)7-2-3-8(11)9(12)4-7/h2-4,6,14H,5H2,1H3,(H2,13,17). The summed E-state index contributed by atoms with van der Waals surface area (Å²) < 4.78 is 26.3. The highest BCUT2D eigenvalue weighted by Crippen LogP contribution is 2.24. The van der Waals surface area contributed by atoms with Crippen molar-refractivity contribution in [2.45, 2.75) is 11.8 Å². The molecule has 1 rings (SSSR count). The molecule has 0 radical (unpaired) electrons. The van der Waals surface area contributed by atoms with Crippen LogP contribution in [-0.2, 0) is 10.0 Å². The maximum Gasteiger partial charge on any atom is 0.240 e. The van der Waals surface area contributed by atoms with Gasteiger partial charge in [0.2, 0.25) is 10.0 Å². The molecule has 0 fully saturated rings. The summed E-state index contributed by atoms with van der Waals surface area (Å²) in [5.41, 5.74) is 5.41. The summed E-state index contributed by atoms with van der Waals surface area (Å²) in [6.45, 7) is 1.87. The zero-order chi connectivity index (χ0) is 13.9. The van der Waals surface area contributed by atoms with E-state index in [1.165, 1.54) is 18.2 Å². The topological polar surface area (TPSA) is 72.2 Å². The number of thiocarbonyl (C=S) groups is 1. The van der Waals surface area contributed by atoms with Gasteiger partial charge in [-0.3, -0.25) is 0 Å². The monoisotopic (exact) mass is 326 g/mol. The number of sulfonamides is 1. The lowest BCUT2D eigenvalue weighted by Gasteiger charge is -2.11. The molecule has 0 amide bonds.